The maximum absolute atomic E-state index is 10.8. The van der Waals surface area contributed by atoms with Crippen molar-refractivity contribution in [3.8, 4) is 0 Å². The van der Waals surface area contributed by atoms with Crippen molar-refractivity contribution in [3.05, 3.63) is 11.9 Å². The molecule has 1 unspecified atom stereocenters. The molecule has 1 atom stereocenters. The fourth-order valence-corrected chi connectivity index (χ4v) is 1.41. The zero-order valence-corrected chi connectivity index (χ0v) is 8.32. The van der Waals surface area contributed by atoms with E-state index in [1.54, 1.807) is 11.6 Å². The Labute approximate surface area is 77.9 Å². The van der Waals surface area contributed by atoms with Crippen LogP contribution >= 0.6 is 0 Å². The molecule has 0 saturated heterocycles. The number of aromatic nitrogens is 3. The molecule has 0 aromatic carbocycles. The van der Waals surface area contributed by atoms with E-state index < -0.39 is 0 Å². The quantitative estimate of drug-likeness (QED) is 0.695. The van der Waals surface area contributed by atoms with Crippen molar-refractivity contribution in [2.75, 3.05) is 0 Å². The highest BCUT2D eigenvalue weighted by Gasteiger charge is 2.08. The normalized spacial score (nSPS) is 12.8. The van der Waals surface area contributed by atoms with E-state index >= 15 is 0 Å². The Hall–Kier alpha value is -1.19. The third kappa shape index (κ3) is 3.36. The van der Waals surface area contributed by atoms with E-state index in [0.717, 1.165) is 12.1 Å². The molecular formula is C9H15N3O. The lowest BCUT2D eigenvalue weighted by molar-refractivity contribution is -0.117. The van der Waals surface area contributed by atoms with E-state index in [1.807, 2.05) is 13.2 Å². The van der Waals surface area contributed by atoms with Gasteiger partial charge in [-0.1, -0.05) is 12.1 Å². The number of ketones is 1. The van der Waals surface area contributed by atoms with Gasteiger partial charge in [0.1, 0.15) is 5.78 Å². The first-order valence-electron chi connectivity index (χ1n) is 4.42. The van der Waals surface area contributed by atoms with Crippen molar-refractivity contribution in [2.45, 2.75) is 26.7 Å². The zero-order chi connectivity index (χ0) is 9.84. The predicted molar refractivity (Wildman–Crippen MR) is 49.2 cm³/mol. The molecule has 0 bridgehead atoms. The fraction of sp³-hybridized carbons (Fsp3) is 0.667. The summed E-state index contributed by atoms with van der Waals surface area (Å²) in [5.41, 5.74) is 0.955. The van der Waals surface area contributed by atoms with Crippen LogP contribution in [-0.4, -0.2) is 20.8 Å². The van der Waals surface area contributed by atoms with Gasteiger partial charge in [-0.3, -0.25) is 4.68 Å². The molecule has 4 heteroatoms. The van der Waals surface area contributed by atoms with Crippen LogP contribution in [0.4, 0.5) is 0 Å². The summed E-state index contributed by atoms with van der Waals surface area (Å²) in [5.74, 6) is 0.589. The molecule has 0 amide bonds. The average Bonchev–Trinajstić information content (AvgIpc) is 2.33. The number of carbonyl (C=O) groups excluding carboxylic acids is 1. The number of hydrogen-bond acceptors (Lipinski definition) is 3. The van der Waals surface area contributed by atoms with E-state index in [2.05, 4.69) is 17.2 Å². The van der Waals surface area contributed by atoms with Gasteiger partial charge in [0.15, 0.2) is 0 Å². The van der Waals surface area contributed by atoms with Crippen molar-refractivity contribution < 1.29 is 4.79 Å². The maximum atomic E-state index is 10.8. The van der Waals surface area contributed by atoms with Crippen molar-refractivity contribution in [2.24, 2.45) is 13.0 Å². The first-order valence-corrected chi connectivity index (χ1v) is 4.42. The highest BCUT2D eigenvalue weighted by molar-refractivity contribution is 5.75. The molecule has 0 aliphatic carbocycles. The second-order valence-corrected chi connectivity index (χ2v) is 3.60. The third-order valence-electron chi connectivity index (χ3n) is 1.84. The Kier molecular flexibility index (Phi) is 3.17. The molecule has 1 aromatic rings. The smallest absolute Gasteiger partial charge is 0.130 e. The molecular weight excluding hydrogens is 166 g/mol. The molecule has 0 spiro atoms. The van der Waals surface area contributed by atoms with E-state index in [9.17, 15) is 4.79 Å². The van der Waals surface area contributed by atoms with Crippen molar-refractivity contribution in [3.63, 3.8) is 0 Å². The molecule has 0 radical (unpaired) electrons. The lowest BCUT2D eigenvalue weighted by Gasteiger charge is -2.05. The third-order valence-corrected chi connectivity index (χ3v) is 1.84. The number of rotatable bonds is 4. The van der Waals surface area contributed by atoms with Crippen LogP contribution < -0.4 is 0 Å². The van der Waals surface area contributed by atoms with Gasteiger partial charge >= 0.3 is 0 Å². The predicted octanol–water partition coefficient (Wildman–Crippen LogP) is 0.973. The fourth-order valence-electron chi connectivity index (χ4n) is 1.41. The highest BCUT2D eigenvalue weighted by atomic mass is 16.1. The summed E-state index contributed by atoms with van der Waals surface area (Å²) in [7, 11) is 1.84. The molecule has 72 valence electrons. The Morgan fingerprint density at radius 2 is 2.38 bits per heavy atom. The van der Waals surface area contributed by atoms with E-state index in [-0.39, 0.29) is 5.78 Å². The first-order chi connectivity index (χ1) is 6.08. The van der Waals surface area contributed by atoms with Crippen molar-refractivity contribution in [1.82, 2.24) is 15.0 Å². The van der Waals surface area contributed by atoms with E-state index in [0.29, 0.717) is 12.3 Å². The lowest BCUT2D eigenvalue weighted by atomic mass is 10.0. The second-order valence-electron chi connectivity index (χ2n) is 3.60. The Morgan fingerprint density at radius 3 is 2.85 bits per heavy atom. The van der Waals surface area contributed by atoms with Crippen LogP contribution in [0.1, 0.15) is 26.0 Å². The van der Waals surface area contributed by atoms with Gasteiger partial charge in [0.05, 0.1) is 5.69 Å². The first kappa shape index (κ1) is 9.89. The second kappa shape index (κ2) is 4.16. The number of hydrogen-bond donors (Lipinski definition) is 0. The van der Waals surface area contributed by atoms with Crippen LogP contribution in [0.3, 0.4) is 0 Å². The molecule has 0 saturated carbocycles. The minimum Gasteiger partial charge on any atom is -0.300 e. The Morgan fingerprint density at radius 1 is 1.69 bits per heavy atom. The van der Waals surface area contributed by atoms with E-state index in [4.69, 9.17) is 0 Å². The highest BCUT2D eigenvalue weighted by Crippen LogP contribution is 2.09. The van der Waals surface area contributed by atoms with Gasteiger partial charge in [0, 0.05) is 19.7 Å². The summed E-state index contributed by atoms with van der Waals surface area (Å²) in [4.78, 5) is 10.8. The summed E-state index contributed by atoms with van der Waals surface area (Å²) >= 11 is 0. The molecule has 1 aromatic heterocycles. The van der Waals surface area contributed by atoms with Crippen LogP contribution in [0, 0.1) is 5.92 Å². The van der Waals surface area contributed by atoms with Crippen LogP contribution in [0.15, 0.2) is 6.20 Å². The molecule has 1 rings (SSSR count). The Bertz CT molecular complexity index is 293. The van der Waals surface area contributed by atoms with Gasteiger partial charge in [-0.2, -0.15) is 0 Å². The summed E-state index contributed by atoms with van der Waals surface area (Å²) in [6, 6.07) is 0. The molecule has 0 fully saturated rings. The number of carbonyl (C=O) groups is 1. The van der Waals surface area contributed by atoms with Crippen molar-refractivity contribution in [1.29, 1.82) is 0 Å². The van der Waals surface area contributed by atoms with Crippen LogP contribution in [0.5, 0.6) is 0 Å². The van der Waals surface area contributed by atoms with Gasteiger partial charge < -0.3 is 4.79 Å². The lowest BCUT2D eigenvalue weighted by Crippen LogP contribution is -2.05. The standard InChI is InChI=1S/C9H15N3O/c1-7(4-8(2)13)5-9-6-12(3)11-10-9/h6-7H,4-5H2,1-3H3. The summed E-state index contributed by atoms with van der Waals surface area (Å²) < 4.78 is 1.68. The SMILES string of the molecule is CC(=O)CC(C)Cc1cn(C)nn1. The van der Waals surface area contributed by atoms with Crippen molar-refractivity contribution >= 4 is 5.78 Å². The van der Waals surface area contributed by atoms with Gasteiger partial charge in [0.2, 0.25) is 0 Å². The number of aryl methyl sites for hydroxylation is 1. The van der Waals surface area contributed by atoms with Crippen LogP contribution in [0.2, 0.25) is 0 Å². The van der Waals surface area contributed by atoms with Crippen LogP contribution in [-0.2, 0) is 18.3 Å². The number of Topliss-reactive ketones (excluding diaryl/α,β-unsaturated/α-hetero) is 1. The average molecular weight is 181 g/mol. The zero-order valence-electron chi connectivity index (χ0n) is 8.32. The Balaban J connectivity index is 2.44. The van der Waals surface area contributed by atoms with Crippen LogP contribution in [0.25, 0.3) is 0 Å². The maximum Gasteiger partial charge on any atom is 0.130 e. The molecule has 0 aliphatic heterocycles. The molecule has 13 heavy (non-hydrogen) atoms. The van der Waals surface area contributed by atoms with Gasteiger partial charge in [0.25, 0.3) is 0 Å². The van der Waals surface area contributed by atoms with Gasteiger partial charge in [-0.25, -0.2) is 0 Å². The minimum atomic E-state index is 0.233. The molecule has 4 nitrogen and oxygen atoms in total. The van der Waals surface area contributed by atoms with Gasteiger partial charge in [-0.05, 0) is 19.3 Å². The summed E-state index contributed by atoms with van der Waals surface area (Å²) in [5, 5.41) is 7.80. The van der Waals surface area contributed by atoms with Gasteiger partial charge in [-0.15, -0.1) is 5.10 Å². The molecule has 0 N–H and O–H groups in total. The summed E-state index contributed by atoms with van der Waals surface area (Å²) in [6.07, 6.45) is 3.33. The van der Waals surface area contributed by atoms with E-state index in [1.165, 1.54) is 0 Å². The largest absolute Gasteiger partial charge is 0.300 e. The topological polar surface area (TPSA) is 47.8 Å². The number of nitrogens with zero attached hydrogens (tertiary/aromatic N) is 3. The monoisotopic (exact) mass is 181 g/mol. The summed E-state index contributed by atoms with van der Waals surface area (Å²) in [6.45, 7) is 3.67. The molecule has 0 aliphatic rings. The molecule has 1 heterocycles. The minimum absolute atomic E-state index is 0.233.